The van der Waals surface area contributed by atoms with Crippen LogP contribution in [0, 0.1) is 13.8 Å². The number of aryl methyl sites for hydroxylation is 2. The summed E-state index contributed by atoms with van der Waals surface area (Å²) < 4.78 is 23.0. The zero-order valence-corrected chi connectivity index (χ0v) is 7.51. The summed E-state index contributed by atoms with van der Waals surface area (Å²) in [6.07, 6.45) is 1.13. The Morgan fingerprint density at radius 2 is 2.00 bits per heavy atom. The van der Waals surface area contributed by atoms with Gasteiger partial charge in [-0.1, -0.05) is 0 Å². The molecule has 1 aromatic heterocycles. The maximum absolute atomic E-state index is 11.0. The molecular weight excluding hydrogens is 164 g/mol. The lowest BCUT2D eigenvalue weighted by molar-refractivity contribution is 0.584. The van der Waals surface area contributed by atoms with Crippen molar-refractivity contribution >= 4 is 10.0 Å². The average molecular weight is 174 g/mol. The highest BCUT2D eigenvalue weighted by atomic mass is 32.2. The molecule has 0 bridgehead atoms. The second-order valence-corrected chi connectivity index (χ2v) is 4.34. The molecule has 62 valence electrons. The molecule has 0 radical (unpaired) electrons. The normalized spacial score (nSPS) is 11.9. The minimum absolute atomic E-state index is 0.644. The van der Waals surface area contributed by atoms with E-state index < -0.39 is 10.0 Å². The Hall–Kier alpha value is -0.840. The molecule has 1 aromatic rings. The molecule has 0 aliphatic rings. The topological polar surface area (TPSA) is 52.0 Å². The van der Waals surface area contributed by atoms with Crippen molar-refractivity contribution in [2.45, 2.75) is 13.8 Å². The fourth-order valence-corrected chi connectivity index (χ4v) is 1.80. The van der Waals surface area contributed by atoms with Crippen LogP contribution in [0.4, 0.5) is 0 Å². The van der Waals surface area contributed by atoms with Gasteiger partial charge in [-0.3, -0.25) is 0 Å². The molecule has 0 amide bonds. The highest BCUT2D eigenvalue weighted by Gasteiger charge is 2.09. The zero-order valence-electron chi connectivity index (χ0n) is 6.70. The van der Waals surface area contributed by atoms with E-state index in [2.05, 4.69) is 5.10 Å². The van der Waals surface area contributed by atoms with Crippen molar-refractivity contribution in [3.05, 3.63) is 17.5 Å². The van der Waals surface area contributed by atoms with Crippen LogP contribution in [0.1, 0.15) is 11.4 Å². The van der Waals surface area contributed by atoms with E-state index in [-0.39, 0.29) is 0 Å². The lowest BCUT2D eigenvalue weighted by Gasteiger charge is -1.97. The van der Waals surface area contributed by atoms with E-state index in [9.17, 15) is 8.42 Å². The summed E-state index contributed by atoms with van der Waals surface area (Å²) in [5.74, 6) is 0. The molecule has 0 unspecified atom stereocenters. The second-order valence-electron chi connectivity index (χ2n) is 2.53. The minimum Gasteiger partial charge on any atom is -0.205 e. The van der Waals surface area contributed by atoms with Crippen molar-refractivity contribution in [1.29, 1.82) is 0 Å². The Bertz CT molecular complexity index is 364. The predicted molar refractivity (Wildman–Crippen MR) is 41.9 cm³/mol. The fraction of sp³-hybridized carbons (Fsp3) is 0.500. The van der Waals surface area contributed by atoms with Crippen LogP contribution in [0.5, 0.6) is 0 Å². The van der Waals surface area contributed by atoms with Crippen molar-refractivity contribution < 1.29 is 8.42 Å². The second kappa shape index (κ2) is 2.34. The Morgan fingerprint density at radius 3 is 2.18 bits per heavy atom. The molecule has 1 heterocycles. The Kier molecular flexibility index (Phi) is 1.75. The summed E-state index contributed by atoms with van der Waals surface area (Å²) in [5, 5.41) is 3.81. The van der Waals surface area contributed by atoms with E-state index in [0.29, 0.717) is 11.4 Å². The molecular formula is C6H10N2O2S. The first kappa shape index (κ1) is 8.26. The van der Waals surface area contributed by atoms with Crippen LogP contribution in [0.25, 0.3) is 0 Å². The van der Waals surface area contributed by atoms with Crippen LogP contribution in [0.15, 0.2) is 6.07 Å². The summed E-state index contributed by atoms with van der Waals surface area (Å²) in [7, 11) is -3.21. The third-order valence-corrected chi connectivity index (χ3v) is 2.28. The Balaban J connectivity index is 3.36. The molecule has 0 atom stereocenters. The number of aromatic nitrogens is 2. The van der Waals surface area contributed by atoms with Gasteiger partial charge in [-0.25, -0.2) is 8.42 Å². The highest BCUT2D eigenvalue weighted by Crippen LogP contribution is 2.03. The summed E-state index contributed by atoms with van der Waals surface area (Å²) >= 11 is 0. The molecule has 0 aliphatic carbocycles. The first-order valence-electron chi connectivity index (χ1n) is 3.15. The van der Waals surface area contributed by atoms with E-state index >= 15 is 0 Å². The molecule has 0 saturated carbocycles. The predicted octanol–water partition coefficient (Wildman–Crippen LogP) is 0.308. The van der Waals surface area contributed by atoms with Gasteiger partial charge in [0.05, 0.1) is 17.6 Å². The highest BCUT2D eigenvalue weighted by molar-refractivity contribution is 7.89. The van der Waals surface area contributed by atoms with E-state index in [1.165, 1.54) is 0 Å². The molecule has 5 heteroatoms. The molecule has 0 saturated heterocycles. The van der Waals surface area contributed by atoms with Gasteiger partial charge in [-0.2, -0.15) is 9.19 Å². The van der Waals surface area contributed by atoms with Gasteiger partial charge in [-0.15, -0.1) is 0 Å². The third-order valence-electron chi connectivity index (χ3n) is 1.28. The van der Waals surface area contributed by atoms with Gasteiger partial charge >= 0.3 is 0 Å². The summed E-state index contributed by atoms with van der Waals surface area (Å²) in [4.78, 5) is 0. The van der Waals surface area contributed by atoms with Crippen LogP contribution < -0.4 is 0 Å². The summed E-state index contributed by atoms with van der Waals surface area (Å²) in [6, 6.07) is 1.72. The quantitative estimate of drug-likeness (QED) is 0.615. The van der Waals surface area contributed by atoms with Crippen LogP contribution in [0.2, 0.25) is 0 Å². The third kappa shape index (κ3) is 1.59. The van der Waals surface area contributed by atoms with E-state index in [1.807, 2.05) is 0 Å². The van der Waals surface area contributed by atoms with E-state index in [4.69, 9.17) is 0 Å². The summed E-state index contributed by atoms with van der Waals surface area (Å²) in [6.45, 7) is 3.47. The van der Waals surface area contributed by atoms with Crippen molar-refractivity contribution in [3.8, 4) is 0 Å². The largest absolute Gasteiger partial charge is 0.251 e. The smallest absolute Gasteiger partial charge is 0.205 e. The van der Waals surface area contributed by atoms with Crippen molar-refractivity contribution in [2.24, 2.45) is 0 Å². The maximum atomic E-state index is 11.0. The van der Waals surface area contributed by atoms with Crippen molar-refractivity contribution in [1.82, 2.24) is 9.19 Å². The summed E-state index contributed by atoms with van der Waals surface area (Å²) in [5.41, 5.74) is 1.36. The fourth-order valence-electron chi connectivity index (χ4n) is 0.944. The molecule has 0 N–H and O–H groups in total. The zero-order chi connectivity index (χ0) is 8.65. The first-order chi connectivity index (χ1) is 4.91. The maximum Gasteiger partial charge on any atom is 0.251 e. The van der Waals surface area contributed by atoms with Gasteiger partial charge in [0.15, 0.2) is 0 Å². The monoisotopic (exact) mass is 174 g/mol. The minimum atomic E-state index is -3.21. The number of hydrogen-bond acceptors (Lipinski definition) is 3. The van der Waals surface area contributed by atoms with E-state index in [1.54, 1.807) is 19.9 Å². The van der Waals surface area contributed by atoms with Crippen molar-refractivity contribution in [2.75, 3.05) is 6.26 Å². The number of rotatable bonds is 1. The Labute approximate surface area is 65.9 Å². The SMILES string of the molecule is Cc1cc(C)n(S(C)(=O)=O)n1. The molecule has 0 spiro atoms. The standard InChI is InChI=1S/C6H10N2O2S/c1-5-4-6(2)8(7-5)11(3,9)10/h4H,1-3H3. The van der Waals surface area contributed by atoms with Gasteiger partial charge in [0.25, 0.3) is 10.0 Å². The van der Waals surface area contributed by atoms with Crippen LogP contribution in [0.3, 0.4) is 0 Å². The molecule has 1 rings (SSSR count). The van der Waals surface area contributed by atoms with E-state index in [0.717, 1.165) is 10.3 Å². The van der Waals surface area contributed by atoms with Crippen LogP contribution in [-0.4, -0.2) is 23.9 Å². The lowest BCUT2D eigenvalue weighted by atomic mass is 10.4. The van der Waals surface area contributed by atoms with Gasteiger partial charge in [0, 0.05) is 0 Å². The van der Waals surface area contributed by atoms with Gasteiger partial charge in [-0.05, 0) is 19.9 Å². The number of nitrogens with zero attached hydrogens (tertiary/aromatic N) is 2. The van der Waals surface area contributed by atoms with Crippen molar-refractivity contribution in [3.63, 3.8) is 0 Å². The molecule has 0 aromatic carbocycles. The van der Waals surface area contributed by atoms with Crippen LogP contribution >= 0.6 is 0 Å². The molecule has 0 fully saturated rings. The molecule has 11 heavy (non-hydrogen) atoms. The average Bonchev–Trinajstić information content (AvgIpc) is 2.08. The number of hydrogen-bond donors (Lipinski definition) is 0. The first-order valence-corrected chi connectivity index (χ1v) is 5.00. The van der Waals surface area contributed by atoms with Crippen LogP contribution in [-0.2, 0) is 10.0 Å². The molecule has 4 nitrogen and oxygen atoms in total. The lowest BCUT2D eigenvalue weighted by Crippen LogP contribution is -2.13. The van der Waals surface area contributed by atoms with Gasteiger partial charge in [0.1, 0.15) is 0 Å². The van der Waals surface area contributed by atoms with Gasteiger partial charge < -0.3 is 0 Å². The molecule has 0 aliphatic heterocycles. The van der Waals surface area contributed by atoms with Gasteiger partial charge in [0.2, 0.25) is 0 Å². The Morgan fingerprint density at radius 1 is 1.45 bits per heavy atom.